The average Bonchev–Trinajstić information content (AvgIpc) is 3.21. The minimum absolute atomic E-state index is 0.0686. The van der Waals surface area contributed by atoms with Crippen LogP contribution in [0.25, 0.3) is 0 Å². The Morgan fingerprint density at radius 1 is 1.24 bits per heavy atom. The molecule has 0 spiro atoms. The molecule has 1 aliphatic heterocycles. The van der Waals surface area contributed by atoms with Crippen molar-refractivity contribution in [3.05, 3.63) is 95.4 Å². The maximum atomic E-state index is 13.3. The van der Waals surface area contributed by atoms with Gasteiger partial charge in [-0.05, 0) is 37.3 Å². The number of H-pyrrole nitrogens is 1. The SMILES string of the molecule is Cc1ncccc1NC(=O)C1=CC(Cl)(c2ccccn2)C(C)(C2SNCCc3[nH]ncc32)C=C1. The predicted octanol–water partition coefficient (Wildman–Crippen LogP) is 4.62. The predicted molar refractivity (Wildman–Crippen MR) is 135 cm³/mol. The number of carbonyl (C=O) groups is 1. The molecule has 0 saturated carbocycles. The van der Waals surface area contributed by atoms with Crippen LogP contribution in [0.3, 0.4) is 0 Å². The van der Waals surface area contributed by atoms with Gasteiger partial charge in [0.1, 0.15) is 4.87 Å². The molecule has 3 atom stereocenters. The second kappa shape index (κ2) is 9.02. The molecule has 0 aromatic carbocycles. The molecule has 0 bridgehead atoms. The molecule has 3 N–H and O–H groups in total. The standard InChI is InChI=1S/C25H25ClN6OS/c1-16-19(6-5-12-27-16)31-23(33)17-8-10-24(2,25(26,14-17)21-7-3-4-11-28-21)22-18-15-29-32-20(18)9-13-30-34-22/h3-8,10-12,14-15,22,30H,9,13H2,1-2H3,(H,29,32)(H,31,33). The maximum Gasteiger partial charge on any atom is 0.255 e. The molecule has 4 heterocycles. The van der Waals surface area contributed by atoms with E-state index in [-0.39, 0.29) is 11.2 Å². The third kappa shape index (κ3) is 3.85. The number of aromatic amines is 1. The first-order chi connectivity index (χ1) is 16.4. The number of rotatable bonds is 4. The second-order valence-electron chi connectivity index (χ2n) is 8.68. The van der Waals surface area contributed by atoms with E-state index in [2.05, 4.69) is 37.1 Å². The second-order valence-corrected chi connectivity index (χ2v) is 10.3. The van der Waals surface area contributed by atoms with Crippen molar-refractivity contribution in [1.82, 2.24) is 24.9 Å². The third-order valence-electron chi connectivity index (χ3n) is 6.56. The average molecular weight is 493 g/mol. The van der Waals surface area contributed by atoms with Crippen LogP contribution in [-0.2, 0) is 16.1 Å². The highest BCUT2D eigenvalue weighted by atomic mass is 35.5. The van der Waals surface area contributed by atoms with Gasteiger partial charge in [-0.1, -0.05) is 37.1 Å². The highest BCUT2D eigenvalue weighted by Crippen LogP contribution is 2.60. The van der Waals surface area contributed by atoms with Crippen molar-refractivity contribution in [3.8, 4) is 0 Å². The number of aromatic nitrogens is 4. The summed E-state index contributed by atoms with van der Waals surface area (Å²) in [4.78, 5) is 21.1. The lowest BCUT2D eigenvalue weighted by atomic mass is 9.66. The number of hydrogen-bond acceptors (Lipinski definition) is 6. The molecule has 7 nitrogen and oxygen atoms in total. The molecule has 3 aromatic rings. The lowest BCUT2D eigenvalue weighted by Gasteiger charge is -2.47. The van der Waals surface area contributed by atoms with Gasteiger partial charge >= 0.3 is 0 Å². The molecule has 1 amide bonds. The van der Waals surface area contributed by atoms with Gasteiger partial charge in [0, 0.05) is 47.6 Å². The van der Waals surface area contributed by atoms with Gasteiger partial charge in [-0.15, -0.1) is 11.6 Å². The summed E-state index contributed by atoms with van der Waals surface area (Å²) in [6.45, 7) is 4.79. The summed E-state index contributed by atoms with van der Waals surface area (Å²) in [6.07, 6.45) is 11.9. The summed E-state index contributed by atoms with van der Waals surface area (Å²) in [5, 5.41) is 10.3. The molecule has 0 radical (unpaired) electrons. The van der Waals surface area contributed by atoms with E-state index in [1.54, 1.807) is 30.4 Å². The third-order valence-corrected chi connectivity index (χ3v) is 8.62. The molecule has 3 unspecified atom stereocenters. The summed E-state index contributed by atoms with van der Waals surface area (Å²) in [6, 6.07) is 9.31. The van der Waals surface area contributed by atoms with Crippen LogP contribution in [0.1, 0.15) is 34.8 Å². The number of fused-ring (bicyclic) bond motifs is 1. The van der Waals surface area contributed by atoms with Gasteiger partial charge in [0.05, 0.1) is 28.5 Å². The van der Waals surface area contributed by atoms with Crippen molar-refractivity contribution in [2.24, 2.45) is 5.41 Å². The number of allylic oxidation sites excluding steroid dienone is 2. The number of aryl methyl sites for hydroxylation is 1. The zero-order valence-corrected chi connectivity index (χ0v) is 20.5. The van der Waals surface area contributed by atoms with Crippen molar-refractivity contribution in [3.63, 3.8) is 0 Å². The van der Waals surface area contributed by atoms with Gasteiger partial charge in [0.25, 0.3) is 5.91 Å². The van der Waals surface area contributed by atoms with Gasteiger partial charge < -0.3 is 5.32 Å². The Bertz CT molecular complexity index is 1280. The summed E-state index contributed by atoms with van der Waals surface area (Å²) in [5.74, 6) is -0.244. The Labute approximate surface area is 207 Å². The molecule has 0 saturated heterocycles. The van der Waals surface area contributed by atoms with E-state index in [9.17, 15) is 4.79 Å². The van der Waals surface area contributed by atoms with Crippen molar-refractivity contribution < 1.29 is 4.79 Å². The van der Waals surface area contributed by atoms with E-state index in [0.717, 1.165) is 29.9 Å². The van der Waals surface area contributed by atoms with E-state index in [0.29, 0.717) is 17.0 Å². The van der Waals surface area contributed by atoms with Crippen LogP contribution in [0.4, 0.5) is 5.69 Å². The van der Waals surface area contributed by atoms with Gasteiger partial charge in [0.2, 0.25) is 0 Å². The Kier molecular flexibility index (Phi) is 6.06. The molecule has 9 heteroatoms. The number of hydrogen-bond donors (Lipinski definition) is 3. The smallest absolute Gasteiger partial charge is 0.255 e. The molecule has 3 aromatic heterocycles. The highest BCUT2D eigenvalue weighted by molar-refractivity contribution is 7.97. The first-order valence-electron chi connectivity index (χ1n) is 11.1. The topological polar surface area (TPSA) is 95.6 Å². The molecule has 34 heavy (non-hydrogen) atoms. The van der Waals surface area contributed by atoms with Crippen molar-refractivity contribution in [2.75, 3.05) is 11.9 Å². The summed E-state index contributed by atoms with van der Waals surface area (Å²) < 4.78 is 3.46. The number of pyridine rings is 2. The van der Waals surface area contributed by atoms with Gasteiger partial charge in [-0.25, -0.2) is 0 Å². The van der Waals surface area contributed by atoms with E-state index in [4.69, 9.17) is 11.6 Å². The van der Waals surface area contributed by atoms with Gasteiger partial charge in [0.15, 0.2) is 0 Å². The minimum atomic E-state index is -1.09. The highest BCUT2D eigenvalue weighted by Gasteiger charge is 2.54. The van der Waals surface area contributed by atoms with Gasteiger partial charge in [-0.2, -0.15) is 5.10 Å². The molecule has 5 rings (SSSR count). The van der Waals surface area contributed by atoms with Crippen molar-refractivity contribution in [2.45, 2.75) is 30.4 Å². The van der Waals surface area contributed by atoms with Crippen LogP contribution in [0.15, 0.2) is 72.7 Å². The van der Waals surface area contributed by atoms with Crippen LogP contribution < -0.4 is 10.0 Å². The van der Waals surface area contributed by atoms with E-state index in [1.807, 2.05) is 55.6 Å². The Hall–Kier alpha value is -2.94. The Morgan fingerprint density at radius 3 is 2.88 bits per heavy atom. The monoisotopic (exact) mass is 492 g/mol. The lowest BCUT2D eigenvalue weighted by Crippen LogP contribution is -2.44. The fourth-order valence-corrected chi connectivity index (χ4v) is 6.23. The van der Waals surface area contributed by atoms with Crippen molar-refractivity contribution in [1.29, 1.82) is 0 Å². The van der Waals surface area contributed by atoms with Gasteiger partial charge in [-0.3, -0.25) is 24.6 Å². The number of nitrogens with one attached hydrogen (secondary N) is 3. The zero-order chi connectivity index (χ0) is 23.8. The fraction of sp³-hybridized carbons (Fsp3) is 0.280. The largest absolute Gasteiger partial charge is 0.320 e. The quantitative estimate of drug-likeness (QED) is 0.363. The first-order valence-corrected chi connectivity index (χ1v) is 12.3. The first kappa shape index (κ1) is 22.8. The summed E-state index contributed by atoms with van der Waals surface area (Å²) in [7, 11) is 0. The molecule has 174 valence electrons. The number of amides is 1. The minimum Gasteiger partial charge on any atom is -0.320 e. The maximum absolute atomic E-state index is 13.3. The van der Waals surface area contributed by atoms with E-state index < -0.39 is 10.3 Å². The van der Waals surface area contributed by atoms with Crippen LogP contribution in [-0.4, -0.2) is 32.6 Å². The number of anilines is 1. The number of halogens is 1. The normalized spacial score (nSPS) is 26.3. The Morgan fingerprint density at radius 2 is 2.09 bits per heavy atom. The summed E-state index contributed by atoms with van der Waals surface area (Å²) >= 11 is 9.18. The van der Waals surface area contributed by atoms with Crippen LogP contribution in [0.5, 0.6) is 0 Å². The van der Waals surface area contributed by atoms with Crippen LogP contribution in [0, 0.1) is 12.3 Å². The molecular formula is C25H25ClN6OS. The van der Waals surface area contributed by atoms with Crippen molar-refractivity contribution >= 4 is 35.1 Å². The molecule has 2 aliphatic rings. The van der Waals surface area contributed by atoms with Crippen LogP contribution in [0.2, 0.25) is 0 Å². The molecular weight excluding hydrogens is 468 g/mol. The van der Waals surface area contributed by atoms with E-state index >= 15 is 0 Å². The van der Waals surface area contributed by atoms with Crippen LogP contribution >= 0.6 is 23.5 Å². The number of nitrogens with zero attached hydrogens (tertiary/aromatic N) is 3. The summed E-state index contributed by atoms with van der Waals surface area (Å²) in [5.41, 5.74) is 4.14. The van der Waals surface area contributed by atoms with E-state index in [1.165, 1.54) is 0 Å². The Balaban J connectivity index is 1.59. The lowest BCUT2D eigenvalue weighted by molar-refractivity contribution is -0.112. The fourth-order valence-electron chi connectivity index (χ4n) is 4.54. The molecule has 0 fully saturated rings. The zero-order valence-electron chi connectivity index (χ0n) is 18.9. The molecule has 1 aliphatic carbocycles. The number of alkyl halides is 1. The number of carbonyl (C=O) groups excluding carboxylic acids is 1.